The molecule has 0 saturated carbocycles. The Morgan fingerprint density at radius 3 is 2.72 bits per heavy atom. The Morgan fingerprint density at radius 2 is 2.06 bits per heavy atom. The molecule has 1 atom stereocenters. The number of hydrogen-bond acceptors (Lipinski definition) is 2. The van der Waals surface area contributed by atoms with Crippen LogP contribution in [0.1, 0.15) is 30.9 Å². The smallest absolute Gasteiger partial charge is 0.123 e. The van der Waals surface area contributed by atoms with Gasteiger partial charge >= 0.3 is 0 Å². The van der Waals surface area contributed by atoms with Crippen LogP contribution in [0.5, 0.6) is 0 Å². The van der Waals surface area contributed by atoms with E-state index < -0.39 is 0 Å². The number of likely N-dealkylation sites (tertiary alicyclic amines) is 1. The van der Waals surface area contributed by atoms with Crippen molar-refractivity contribution in [2.45, 2.75) is 39.3 Å². The first kappa shape index (κ1) is 13.5. The summed E-state index contributed by atoms with van der Waals surface area (Å²) in [6, 6.07) is 5.49. The molecule has 0 radical (unpaired) electrons. The lowest BCUT2D eigenvalue weighted by atomic mass is 10.1. The zero-order chi connectivity index (χ0) is 13.0. The summed E-state index contributed by atoms with van der Waals surface area (Å²) < 4.78 is 13.0. The van der Waals surface area contributed by atoms with Gasteiger partial charge in [-0.1, -0.05) is 6.07 Å². The summed E-state index contributed by atoms with van der Waals surface area (Å²) in [5, 5.41) is 3.52. The molecule has 18 heavy (non-hydrogen) atoms. The normalized spacial score (nSPS) is 18.2. The van der Waals surface area contributed by atoms with E-state index in [4.69, 9.17) is 0 Å². The minimum absolute atomic E-state index is 0.152. The quantitative estimate of drug-likeness (QED) is 0.864. The van der Waals surface area contributed by atoms with Crippen molar-refractivity contribution in [1.29, 1.82) is 0 Å². The molecule has 3 heteroatoms. The fourth-order valence-corrected chi connectivity index (χ4v) is 2.56. The lowest BCUT2D eigenvalue weighted by Crippen LogP contribution is -2.37. The first-order valence-corrected chi connectivity index (χ1v) is 6.86. The molecule has 0 spiro atoms. The van der Waals surface area contributed by atoms with Crippen LogP contribution in [0.2, 0.25) is 0 Å². The first-order chi connectivity index (χ1) is 8.65. The average Bonchev–Trinajstić information content (AvgIpc) is 2.80. The number of nitrogens with zero attached hydrogens (tertiary/aromatic N) is 1. The van der Waals surface area contributed by atoms with Gasteiger partial charge in [-0.3, -0.25) is 0 Å². The molecule has 1 heterocycles. The fraction of sp³-hybridized carbons (Fsp3) is 0.600. The molecule has 0 amide bonds. The van der Waals surface area contributed by atoms with Crippen molar-refractivity contribution in [1.82, 2.24) is 10.2 Å². The Kier molecular flexibility index (Phi) is 4.72. The van der Waals surface area contributed by atoms with Crippen LogP contribution >= 0.6 is 0 Å². The standard InChI is InChI=1S/C15H23FN2/c1-12-9-15(16)6-5-14(12)10-17-13(2)11-18-7-3-4-8-18/h5-6,9,13,17H,3-4,7-8,10-11H2,1-2H3. The molecule has 1 aliphatic heterocycles. The van der Waals surface area contributed by atoms with Crippen LogP contribution in [-0.4, -0.2) is 30.6 Å². The molecule has 1 unspecified atom stereocenters. The third kappa shape index (κ3) is 3.79. The fourth-order valence-electron chi connectivity index (χ4n) is 2.56. The van der Waals surface area contributed by atoms with E-state index in [9.17, 15) is 4.39 Å². The number of aryl methyl sites for hydroxylation is 1. The number of halogens is 1. The number of benzene rings is 1. The molecule has 0 aliphatic carbocycles. The van der Waals surface area contributed by atoms with Crippen molar-refractivity contribution in [2.24, 2.45) is 0 Å². The van der Waals surface area contributed by atoms with Crippen molar-refractivity contribution in [2.75, 3.05) is 19.6 Å². The van der Waals surface area contributed by atoms with Crippen molar-refractivity contribution in [3.05, 3.63) is 35.1 Å². The van der Waals surface area contributed by atoms with Gasteiger partial charge in [0.25, 0.3) is 0 Å². The topological polar surface area (TPSA) is 15.3 Å². The Morgan fingerprint density at radius 1 is 1.33 bits per heavy atom. The maximum Gasteiger partial charge on any atom is 0.123 e. The molecule has 0 bridgehead atoms. The van der Waals surface area contributed by atoms with E-state index in [2.05, 4.69) is 17.1 Å². The summed E-state index contributed by atoms with van der Waals surface area (Å²) in [7, 11) is 0. The van der Waals surface area contributed by atoms with E-state index in [1.165, 1.54) is 37.6 Å². The highest BCUT2D eigenvalue weighted by Gasteiger charge is 2.14. The largest absolute Gasteiger partial charge is 0.309 e. The van der Waals surface area contributed by atoms with Gasteiger partial charge in [0.1, 0.15) is 5.82 Å². The van der Waals surface area contributed by atoms with Crippen LogP contribution in [0.15, 0.2) is 18.2 Å². The van der Waals surface area contributed by atoms with Gasteiger partial charge < -0.3 is 10.2 Å². The van der Waals surface area contributed by atoms with Crippen molar-refractivity contribution >= 4 is 0 Å². The SMILES string of the molecule is Cc1cc(F)ccc1CNC(C)CN1CCCC1. The van der Waals surface area contributed by atoms with Crippen LogP contribution in [0.25, 0.3) is 0 Å². The molecular weight excluding hydrogens is 227 g/mol. The first-order valence-electron chi connectivity index (χ1n) is 6.86. The van der Waals surface area contributed by atoms with Crippen molar-refractivity contribution in [3.63, 3.8) is 0 Å². The van der Waals surface area contributed by atoms with E-state index in [1.54, 1.807) is 6.07 Å². The number of nitrogens with one attached hydrogen (secondary N) is 1. The zero-order valence-corrected chi connectivity index (χ0v) is 11.4. The summed E-state index contributed by atoms with van der Waals surface area (Å²) in [5.41, 5.74) is 2.21. The molecule has 1 fully saturated rings. The van der Waals surface area contributed by atoms with Crippen molar-refractivity contribution in [3.8, 4) is 0 Å². The van der Waals surface area contributed by atoms with E-state index in [0.717, 1.165) is 18.7 Å². The summed E-state index contributed by atoms with van der Waals surface area (Å²) in [6.07, 6.45) is 2.67. The van der Waals surface area contributed by atoms with Crippen LogP contribution < -0.4 is 5.32 Å². The van der Waals surface area contributed by atoms with Crippen molar-refractivity contribution < 1.29 is 4.39 Å². The third-order valence-electron chi connectivity index (χ3n) is 3.68. The minimum atomic E-state index is -0.152. The highest BCUT2D eigenvalue weighted by molar-refractivity contribution is 5.26. The van der Waals surface area contributed by atoms with Crippen LogP contribution in [0.4, 0.5) is 4.39 Å². The van der Waals surface area contributed by atoms with E-state index in [0.29, 0.717) is 6.04 Å². The Hall–Kier alpha value is -0.930. The lowest BCUT2D eigenvalue weighted by molar-refractivity contribution is 0.298. The van der Waals surface area contributed by atoms with Crippen LogP contribution in [0.3, 0.4) is 0 Å². The summed E-state index contributed by atoms with van der Waals surface area (Å²) >= 11 is 0. The highest BCUT2D eigenvalue weighted by Crippen LogP contribution is 2.11. The molecular formula is C15H23FN2. The second kappa shape index (κ2) is 6.30. The third-order valence-corrected chi connectivity index (χ3v) is 3.68. The molecule has 1 aromatic rings. The van der Waals surface area contributed by atoms with Gasteiger partial charge in [0, 0.05) is 19.1 Å². The summed E-state index contributed by atoms with van der Waals surface area (Å²) in [5.74, 6) is -0.152. The molecule has 100 valence electrons. The summed E-state index contributed by atoms with van der Waals surface area (Å²) in [4.78, 5) is 2.51. The maximum atomic E-state index is 13.0. The average molecular weight is 250 g/mol. The van der Waals surface area contributed by atoms with E-state index in [-0.39, 0.29) is 5.82 Å². The van der Waals surface area contributed by atoms with E-state index in [1.807, 2.05) is 13.0 Å². The molecule has 1 N–H and O–H groups in total. The Bertz CT molecular complexity index is 386. The predicted molar refractivity (Wildman–Crippen MR) is 73.1 cm³/mol. The highest BCUT2D eigenvalue weighted by atomic mass is 19.1. The van der Waals surface area contributed by atoms with Gasteiger partial charge in [0.15, 0.2) is 0 Å². The van der Waals surface area contributed by atoms with Gasteiger partial charge in [0.05, 0.1) is 0 Å². The van der Waals surface area contributed by atoms with Crippen LogP contribution in [0, 0.1) is 12.7 Å². The molecule has 2 nitrogen and oxygen atoms in total. The molecule has 1 saturated heterocycles. The molecule has 2 rings (SSSR count). The van der Waals surface area contributed by atoms with Gasteiger partial charge in [-0.05, 0) is 63.0 Å². The van der Waals surface area contributed by atoms with Gasteiger partial charge in [0.2, 0.25) is 0 Å². The lowest BCUT2D eigenvalue weighted by Gasteiger charge is -2.21. The van der Waals surface area contributed by atoms with Crippen LogP contribution in [-0.2, 0) is 6.54 Å². The maximum absolute atomic E-state index is 13.0. The zero-order valence-electron chi connectivity index (χ0n) is 11.4. The summed E-state index contributed by atoms with van der Waals surface area (Å²) in [6.45, 7) is 8.59. The second-order valence-electron chi connectivity index (χ2n) is 5.36. The van der Waals surface area contributed by atoms with Gasteiger partial charge in [-0.15, -0.1) is 0 Å². The van der Waals surface area contributed by atoms with E-state index >= 15 is 0 Å². The number of rotatable bonds is 5. The number of hydrogen-bond donors (Lipinski definition) is 1. The Balaban J connectivity index is 1.79. The second-order valence-corrected chi connectivity index (χ2v) is 5.36. The van der Waals surface area contributed by atoms with Gasteiger partial charge in [-0.2, -0.15) is 0 Å². The Labute approximate surface area is 109 Å². The molecule has 1 aromatic carbocycles. The van der Waals surface area contributed by atoms with Gasteiger partial charge in [-0.25, -0.2) is 4.39 Å². The minimum Gasteiger partial charge on any atom is -0.309 e. The monoisotopic (exact) mass is 250 g/mol. The predicted octanol–water partition coefficient (Wildman–Crippen LogP) is 2.71. The molecule has 0 aromatic heterocycles. The molecule has 1 aliphatic rings.